The summed E-state index contributed by atoms with van der Waals surface area (Å²) in [7, 11) is 0. The third-order valence-electron chi connectivity index (χ3n) is 3.67. The van der Waals surface area contributed by atoms with Crippen LogP contribution in [0.1, 0.15) is 21.5 Å². The Bertz CT molecular complexity index is 1070. The molecule has 1 aromatic heterocycles. The van der Waals surface area contributed by atoms with Crippen molar-refractivity contribution in [3.05, 3.63) is 86.1 Å². The molecule has 3 aromatic rings. The summed E-state index contributed by atoms with van der Waals surface area (Å²) in [6.45, 7) is 1.85. The highest BCUT2D eigenvalue weighted by molar-refractivity contribution is 5.93. The van der Waals surface area contributed by atoms with Crippen molar-refractivity contribution in [3.8, 4) is 5.75 Å². The number of aryl methyl sites for hydroxylation is 1. The van der Waals surface area contributed by atoms with E-state index in [4.69, 9.17) is 14.7 Å². The average molecular weight is 335 g/mol. The number of rotatable bonds is 4. The van der Waals surface area contributed by atoms with Gasteiger partial charge in [0, 0.05) is 22.4 Å². The summed E-state index contributed by atoms with van der Waals surface area (Å²) in [4.78, 5) is 26.6. The lowest BCUT2D eigenvalue weighted by Gasteiger charge is -2.08. The summed E-state index contributed by atoms with van der Waals surface area (Å²) in [6, 6.07) is 13.0. The smallest absolute Gasteiger partial charge is 0.343 e. The maximum atomic E-state index is 12.4. The van der Waals surface area contributed by atoms with Crippen LogP contribution in [0.3, 0.4) is 0 Å². The molecule has 2 aromatic carbocycles. The molecule has 0 N–H and O–H groups in total. The minimum absolute atomic E-state index is 0.0492. The van der Waals surface area contributed by atoms with Crippen LogP contribution >= 0.6 is 0 Å². The van der Waals surface area contributed by atoms with Crippen LogP contribution in [-0.2, 0) is 6.54 Å². The number of carbonyl (C=O) groups is 1. The summed E-state index contributed by atoms with van der Waals surface area (Å²) >= 11 is 0. The highest BCUT2D eigenvalue weighted by atomic mass is 16.5. The Balaban J connectivity index is 1.92. The molecule has 7 nitrogen and oxygen atoms in total. The topological polar surface area (TPSA) is 105 Å². The molecule has 0 radical (unpaired) electrons. The Labute approximate surface area is 142 Å². The van der Waals surface area contributed by atoms with Gasteiger partial charge in [0.1, 0.15) is 11.3 Å². The quantitative estimate of drug-likeness (QED) is 0.178. The summed E-state index contributed by atoms with van der Waals surface area (Å²) in [5, 5.41) is 4.24. The van der Waals surface area contributed by atoms with E-state index < -0.39 is 11.6 Å². The van der Waals surface area contributed by atoms with E-state index in [0.717, 1.165) is 10.9 Å². The highest BCUT2D eigenvalue weighted by Gasteiger charge is 2.14. The van der Waals surface area contributed by atoms with Crippen LogP contribution in [-0.4, -0.2) is 5.97 Å². The Morgan fingerprint density at radius 1 is 1.24 bits per heavy atom. The lowest BCUT2D eigenvalue weighted by Crippen LogP contribution is -2.11. The molecule has 7 heteroatoms. The van der Waals surface area contributed by atoms with Crippen LogP contribution in [0.25, 0.3) is 21.4 Å². The van der Waals surface area contributed by atoms with Gasteiger partial charge in [-0.25, -0.2) is 9.59 Å². The Morgan fingerprint density at radius 2 is 2.04 bits per heavy atom. The lowest BCUT2D eigenvalue weighted by molar-refractivity contribution is 0.0734. The van der Waals surface area contributed by atoms with E-state index in [-0.39, 0.29) is 12.3 Å². The van der Waals surface area contributed by atoms with Crippen LogP contribution in [0.2, 0.25) is 0 Å². The van der Waals surface area contributed by atoms with Crippen molar-refractivity contribution in [2.24, 2.45) is 5.11 Å². The normalized spacial score (nSPS) is 10.3. The fourth-order valence-electron chi connectivity index (χ4n) is 2.50. The molecule has 0 unspecified atom stereocenters. The molecule has 0 atom stereocenters. The molecule has 0 saturated carbocycles. The number of benzene rings is 2. The first-order valence-corrected chi connectivity index (χ1v) is 7.44. The van der Waals surface area contributed by atoms with Crippen molar-refractivity contribution < 1.29 is 13.9 Å². The second-order valence-corrected chi connectivity index (χ2v) is 5.34. The van der Waals surface area contributed by atoms with Crippen molar-refractivity contribution in [2.75, 3.05) is 0 Å². The number of carbonyl (C=O) groups excluding carboxylic acids is 1. The maximum absolute atomic E-state index is 12.4. The molecule has 25 heavy (non-hydrogen) atoms. The molecule has 0 saturated heterocycles. The van der Waals surface area contributed by atoms with Crippen molar-refractivity contribution in [2.45, 2.75) is 13.5 Å². The van der Waals surface area contributed by atoms with E-state index in [1.807, 2.05) is 0 Å². The largest absolute Gasteiger partial charge is 0.423 e. The first kappa shape index (κ1) is 16.3. The van der Waals surface area contributed by atoms with Gasteiger partial charge in [0.05, 0.1) is 12.1 Å². The Morgan fingerprint density at radius 3 is 2.84 bits per heavy atom. The molecule has 0 fully saturated rings. The molecule has 0 bridgehead atoms. The molecule has 0 amide bonds. The monoisotopic (exact) mass is 335 g/mol. The minimum Gasteiger partial charge on any atom is -0.423 e. The lowest BCUT2D eigenvalue weighted by atomic mass is 10.1. The summed E-state index contributed by atoms with van der Waals surface area (Å²) in [5.41, 5.74) is 9.98. The van der Waals surface area contributed by atoms with Crippen LogP contribution in [0, 0.1) is 6.92 Å². The SMILES string of the molecule is Cc1cc(=O)oc2cc(OC(=O)c3ccccc3CN=[N+]=[N-])ccc12. The van der Waals surface area contributed by atoms with E-state index in [9.17, 15) is 9.59 Å². The molecular formula is C18H13N3O4. The summed E-state index contributed by atoms with van der Waals surface area (Å²) in [6.07, 6.45) is 0. The van der Waals surface area contributed by atoms with Gasteiger partial charge in [-0.1, -0.05) is 23.3 Å². The van der Waals surface area contributed by atoms with Crippen molar-refractivity contribution in [1.29, 1.82) is 0 Å². The predicted octanol–water partition coefficient (Wildman–Crippen LogP) is 4.13. The number of nitrogens with zero attached hydrogens (tertiary/aromatic N) is 3. The zero-order valence-electron chi connectivity index (χ0n) is 13.3. The van der Waals surface area contributed by atoms with Gasteiger partial charge in [-0.15, -0.1) is 0 Å². The third-order valence-corrected chi connectivity index (χ3v) is 3.67. The summed E-state index contributed by atoms with van der Waals surface area (Å²) < 4.78 is 10.5. The fourth-order valence-corrected chi connectivity index (χ4v) is 2.50. The number of ether oxygens (including phenoxy) is 1. The molecule has 0 aliphatic heterocycles. The predicted molar refractivity (Wildman–Crippen MR) is 91.5 cm³/mol. The molecule has 1 heterocycles. The number of hydrogen-bond acceptors (Lipinski definition) is 5. The third kappa shape index (κ3) is 3.52. The molecule has 124 valence electrons. The van der Waals surface area contributed by atoms with Gasteiger partial charge in [0.2, 0.25) is 0 Å². The van der Waals surface area contributed by atoms with Gasteiger partial charge in [0.15, 0.2) is 0 Å². The average Bonchev–Trinajstić information content (AvgIpc) is 2.59. The second-order valence-electron chi connectivity index (χ2n) is 5.34. The zero-order chi connectivity index (χ0) is 17.8. The zero-order valence-corrected chi connectivity index (χ0v) is 13.3. The maximum Gasteiger partial charge on any atom is 0.343 e. The first-order valence-electron chi connectivity index (χ1n) is 7.44. The van der Waals surface area contributed by atoms with Crippen LogP contribution < -0.4 is 10.4 Å². The van der Waals surface area contributed by atoms with Gasteiger partial charge < -0.3 is 9.15 Å². The van der Waals surface area contributed by atoms with Crippen molar-refractivity contribution in [3.63, 3.8) is 0 Å². The van der Waals surface area contributed by atoms with Gasteiger partial charge in [-0.2, -0.15) is 0 Å². The van der Waals surface area contributed by atoms with E-state index in [1.54, 1.807) is 43.3 Å². The van der Waals surface area contributed by atoms with E-state index in [1.165, 1.54) is 12.1 Å². The molecule has 0 aliphatic carbocycles. The van der Waals surface area contributed by atoms with Gasteiger partial charge >= 0.3 is 11.6 Å². The highest BCUT2D eigenvalue weighted by Crippen LogP contribution is 2.23. The number of esters is 1. The number of azide groups is 1. The van der Waals surface area contributed by atoms with Crippen LogP contribution in [0.4, 0.5) is 0 Å². The molecular weight excluding hydrogens is 322 g/mol. The molecule has 0 aliphatic rings. The van der Waals surface area contributed by atoms with Crippen molar-refractivity contribution in [1.82, 2.24) is 0 Å². The van der Waals surface area contributed by atoms with Gasteiger partial charge in [-0.3, -0.25) is 0 Å². The van der Waals surface area contributed by atoms with E-state index in [0.29, 0.717) is 16.7 Å². The summed E-state index contributed by atoms with van der Waals surface area (Å²) in [5.74, 6) is -0.331. The fraction of sp³-hybridized carbons (Fsp3) is 0.111. The van der Waals surface area contributed by atoms with Gasteiger partial charge in [-0.05, 0) is 41.8 Å². The molecule has 0 spiro atoms. The number of hydrogen-bond donors (Lipinski definition) is 0. The van der Waals surface area contributed by atoms with Crippen LogP contribution in [0.5, 0.6) is 5.75 Å². The van der Waals surface area contributed by atoms with Crippen LogP contribution in [0.15, 0.2) is 62.9 Å². The minimum atomic E-state index is -0.585. The van der Waals surface area contributed by atoms with E-state index in [2.05, 4.69) is 10.0 Å². The second kappa shape index (κ2) is 6.90. The number of fused-ring (bicyclic) bond motifs is 1. The molecule has 3 rings (SSSR count). The first-order chi connectivity index (χ1) is 12.1. The van der Waals surface area contributed by atoms with E-state index >= 15 is 0 Å². The van der Waals surface area contributed by atoms with Crippen molar-refractivity contribution >= 4 is 16.9 Å². The Hall–Kier alpha value is -3.57. The Kier molecular flexibility index (Phi) is 4.50. The van der Waals surface area contributed by atoms with Gasteiger partial charge in [0.25, 0.3) is 0 Å². The standard InChI is InChI=1S/C18H13N3O4/c1-11-8-17(22)25-16-9-13(6-7-14(11)16)24-18(23)15-5-3-2-4-12(15)10-20-21-19/h2-9H,10H2,1H3.